The van der Waals surface area contributed by atoms with Gasteiger partial charge in [-0.1, -0.05) is 5.21 Å². The Balaban J connectivity index is 3.21. The Kier molecular flexibility index (Phi) is 2.71. The number of nitriles is 1. The van der Waals surface area contributed by atoms with Crippen LogP contribution in [-0.2, 0) is 12.7 Å². The minimum absolute atomic E-state index is 0.344. The number of rotatable bonds is 2. The van der Waals surface area contributed by atoms with Crippen LogP contribution in [-0.4, -0.2) is 26.7 Å². The van der Waals surface area contributed by atoms with E-state index in [2.05, 4.69) is 10.3 Å². The Hall–Kier alpha value is -1.62. The predicted molar refractivity (Wildman–Crippen MR) is 36.8 cm³/mol. The summed E-state index contributed by atoms with van der Waals surface area (Å²) >= 11 is 0. The first-order valence-corrected chi connectivity index (χ1v) is 3.52. The summed E-state index contributed by atoms with van der Waals surface area (Å²) < 4.78 is 37.4. The van der Waals surface area contributed by atoms with Gasteiger partial charge >= 0.3 is 6.18 Å². The van der Waals surface area contributed by atoms with E-state index in [0.29, 0.717) is 4.68 Å². The Morgan fingerprint density at radius 3 is 2.57 bits per heavy atom. The summed E-state index contributed by atoms with van der Waals surface area (Å²) in [6, 6.07) is 1.28. The van der Waals surface area contributed by atoms with Gasteiger partial charge in [-0.25, -0.2) is 4.68 Å². The molecule has 0 spiro atoms. The highest BCUT2D eigenvalue weighted by atomic mass is 19.4. The molecule has 5 nitrogen and oxygen atoms in total. The van der Waals surface area contributed by atoms with Gasteiger partial charge in [0.15, 0.2) is 11.4 Å². The number of aliphatic hydroxyl groups excluding tert-OH is 1. The fourth-order valence-corrected chi connectivity index (χ4v) is 0.920. The number of alkyl halides is 3. The molecule has 0 aliphatic rings. The summed E-state index contributed by atoms with van der Waals surface area (Å²) in [5.41, 5.74) is -2.01. The van der Waals surface area contributed by atoms with Crippen LogP contribution in [0.1, 0.15) is 11.4 Å². The first-order valence-electron chi connectivity index (χ1n) is 3.52. The van der Waals surface area contributed by atoms with Crippen molar-refractivity contribution < 1.29 is 18.3 Å². The van der Waals surface area contributed by atoms with Gasteiger partial charge in [-0.2, -0.15) is 18.4 Å². The van der Waals surface area contributed by atoms with Crippen LogP contribution in [0.2, 0.25) is 0 Å². The van der Waals surface area contributed by atoms with Crippen LogP contribution < -0.4 is 0 Å². The Labute approximate surface area is 76.4 Å². The van der Waals surface area contributed by atoms with Gasteiger partial charge in [-0.05, 0) is 0 Å². The molecular weight excluding hydrogens is 201 g/mol. The van der Waals surface area contributed by atoms with Gasteiger partial charge in [0.1, 0.15) is 6.07 Å². The Morgan fingerprint density at radius 2 is 2.14 bits per heavy atom. The van der Waals surface area contributed by atoms with Crippen molar-refractivity contribution in [2.45, 2.75) is 12.7 Å². The molecular formula is C6H5F3N4O. The van der Waals surface area contributed by atoms with E-state index >= 15 is 0 Å². The normalized spacial score (nSPS) is 11.4. The van der Waals surface area contributed by atoms with E-state index in [-0.39, 0.29) is 6.54 Å². The van der Waals surface area contributed by atoms with Crippen LogP contribution in [0.5, 0.6) is 0 Å². The minimum Gasteiger partial charge on any atom is -0.394 e. The quantitative estimate of drug-likeness (QED) is 0.747. The topological polar surface area (TPSA) is 74.7 Å². The van der Waals surface area contributed by atoms with Crippen molar-refractivity contribution in [1.82, 2.24) is 15.0 Å². The molecule has 0 unspecified atom stereocenters. The second kappa shape index (κ2) is 3.63. The molecule has 0 saturated heterocycles. The molecule has 76 valence electrons. The summed E-state index contributed by atoms with van der Waals surface area (Å²) in [4.78, 5) is 0. The largest absolute Gasteiger partial charge is 0.436 e. The molecule has 0 bridgehead atoms. The van der Waals surface area contributed by atoms with Crippen LogP contribution in [0, 0.1) is 11.3 Å². The molecule has 1 aromatic rings. The Bertz CT molecular complexity index is 364. The zero-order chi connectivity index (χ0) is 10.8. The van der Waals surface area contributed by atoms with Crippen molar-refractivity contribution in [3.8, 4) is 6.07 Å². The number of nitrogens with zero attached hydrogens (tertiary/aromatic N) is 4. The van der Waals surface area contributed by atoms with Gasteiger partial charge in [0.2, 0.25) is 0 Å². The molecule has 0 amide bonds. The molecule has 0 aromatic carbocycles. The van der Waals surface area contributed by atoms with Crippen LogP contribution in [0.4, 0.5) is 13.2 Å². The zero-order valence-electron chi connectivity index (χ0n) is 6.78. The third-order valence-electron chi connectivity index (χ3n) is 1.42. The first kappa shape index (κ1) is 10.5. The summed E-state index contributed by atoms with van der Waals surface area (Å²) in [6.07, 6.45) is -4.69. The standard InChI is InChI=1S/C6H5F3N4O/c7-6(8,9)5-4(3-10)11-12-13(5)1-2-14/h14H,1-2H2. The summed E-state index contributed by atoms with van der Waals surface area (Å²) in [6.45, 7) is -0.846. The molecule has 0 saturated carbocycles. The number of halogens is 3. The smallest absolute Gasteiger partial charge is 0.394 e. The highest BCUT2D eigenvalue weighted by Gasteiger charge is 2.39. The van der Waals surface area contributed by atoms with Gasteiger partial charge in [0.25, 0.3) is 0 Å². The lowest BCUT2D eigenvalue weighted by molar-refractivity contribution is -0.144. The van der Waals surface area contributed by atoms with Gasteiger partial charge in [-0.15, -0.1) is 5.10 Å². The lowest BCUT2D eigenvalue weighted by atomic mass is 10.3. The molecule has 14 heavy (non-hydrogen) atoms. The van der Waals surface area contributed by atoms with Crippen molar-refractivity contribution in [1.29, 1.82) is 5.26 Å². The number of aromatic nitrogens is 3. The third kappa shape index (κ3) is 1.82. The van der Waals surface area contributed by atoms with Gasteiger partial charge in [-0.3, -0.25) is 0 Å². The molecule has 0 fully saturated rings. The maximum absolute atomic E-state index is 12.3. The maximum Gasteiger partial charge on any atom is 0.436 e. The van der Waals surface area contributed by atoms with E-state index in [1.807, 2.05) is 0 Å². The SMILES string of the molecule is N#Cc1nnn(CCO)c1C(F)(F)F. The second-order valence-electron chi connectivity index (χ2n) is 2.34. The molecule has 1 rings (SSSR count). The third-order valence-corrected chi connectivity index (χ3v) is 1.42. The zero-order valence-corrected chi connectivity index (χ0v) is 6.78. The Morgan fingerprint density at radius 1 is 1.50 bits per heavy atom. The van der Waals surface area contributed by atoms with Gasteiger partial charge < -0.3 is 5.11 Å². The first-order chi connectivity index (χ1) is 6.50. The van der Waals surface area contributed by atoms with E-state index in [4.69, 9.17) is 10.4 Å². The van der Waals surface area contributed by atoms with Gasteiger partial charge in [0, 0.05) is 0 Å². The lowest BCUT2D eigenvalue weighted by Crippen LogP contribution is -2.17. The van der Waals surface area contributed by atoms with E-state index in [0.717, 1.165) is 0 Å². The van der Waals surface area contributed by atoms with Crippen molar-refractivity contribution in [2.24, 2.45) is 0 Å². The van der Waals surface area contributed by atoms with E-state index in [1.54, 1.807) is 0 Å². The molecule has 1 N–H and O–H groups in total. The van der Waals surface area contributed by atoms with E-state index in [9.17, 15) is 13.2 Å². The molecule has 0 aliphatic heterocycles. The lowest BCUT2D eigenvalue weighted by Gasteiger charge is -2.07. The van der Waals surface area contributed by atoms with Crippen molar-refractivity contribution in [3.63, 3.8) is 0 Å². The average molecular weight is 206 g/mol. The molecule has 0 aliphatic carbocycles. The monoisotopic (exact) mass is 206 g/mol. The van der Waals surface area contributed by atoms with Crippen LogP contribution in [0.3, 0.4) is 0 Å². The average Bonchev–Trinajstić information content (AvgIpc) is 2.47. The fourth-order valence-electron chi connectivity index (χ4n) is 0.920. The highest BCUT2D eigenvalue weighted by molar-refractivity contribution is 5.26. The van der Waals surface area contributed by atoms with Gasteiger partial charge in [0.05, 0.1) is 13.2 Å². The van der Waals surface area contributed by atoms with Crippen LogP contribution in [0.15, 0.2) is 0 Å². The molecule has 0 radical (unpaired) electrons. The van der Waals surface area contributed by atoms with E-state index in [1.165, 1.54) is 6.07 Å². The molecule has 1 heterocycles. The molecule has 1 aromatic heterocycles. The number of hydrogen-bond acceptors (Lipinski definition) is 4. The second-order valence-corrected chi connectivity index (χ2v) is 2.34. The fraction of sp³-hybridized carbons (Fsp3) is 0.500. The van der Waals surface area contributed by atoms with Crippen LogP contribution in [0.25, 0.3) is 0 Å². The highest BCUT2D eigenvalue weighted by Crippen LogP contribution is 2.30. The predicted octanol–water partition coefficient (Wildman–Crippen LogP) is 0.161. The molecule has 8 heteroatoms. The van der Waals surface area contributed by atoms with E-state index < -0.39 is 24.2 Å². The number of aliphatic hydroxyl groups is 1. The molecule has 0 atom stereocenters. The van der Waals surface area contributed by atoms with Crippen molar-refractivity contribution >= 4 is 0 Å². The summed E-state index contributed by atoms with van der Waals surface area (Å²) in [5.74, 6) is 0. The maximum atomic E-state index is 12.3. The van der Waals surface area contributed by atoms with Crippen molar-refractivity contribution in [3.05, 3.63) is 11.4 Å². The van der Waals surface area contributed by atoms with Crippen LogP contribution >= 0.6 is 0 Å². The number of hydrogen-bond donors (Lipinski definition) is 1. The summed E-state index contributed by atoms with van der Waals surface area (Å²) in [5, 5.41) is 22.9. The minimum atomic E-state index is -4.69. The summed E-state index contributed by atoms with van der Waals surface area (Å²) in [7, 11) is 0. The van der Waals surface area contributed by atoms with Crippen molar-refractivity contribution in [2.75, 3.05) is 6.61 Å².